The number of rotatable bonds is 8. The van der Waals surface area contributed by atoms with E-state index in [9.17, 15) is 9.59 Å². The van der Waals surface area contributed by atoms with E-state index >= 15 is 0 Å². The molecule has 1 aromatic heterocycles. The molecule has 1 heterocycles. The van der Waals surface area contributed by atoms with Gasteiger partial charge in [0.15, 0.2) is 0 Å². The molecular formula is C27H28N4O2. The largest absolute Gasteiger partial charge is 0.352 e. The Balaban J connectivity index is 1.29. The van der Waals surface area contributed by atoms with E-state index < -0.39 is 0 Å². The van der Waals surface area contributed by atoms with Crippen molar-refractivity contribution in [3.63, 3.8) is 0 Å². The van der Waals surface area contributed by atoms with Gasteiger partial charge in [0.05, 0.1) is 0 Å². The van der Waals surface area contributed by atoms with Crippen LogP contribution in [0.4, 0.5) is 5.69 Å². The van der Waals surface area contributed by atoms with Crippen LogP contribution in [-0.4, -0.2) is 27.9 Å². The fourth-order valence-electron chi connectivity index (χ4n) is 3.84. The first-order valence-electron chi connectivity index (χ1n) is 11.2. The Labute approximate surface area is 193 Å². The van der Waals surface area contributed by atoms with E-state index in [-0.39, 0.29) is 24.8 Å². The highest BCUT2D eigenvalue weighted by molar-refractivity contribution is 5.99. The zero-order valence-electron chi connectivity index (χ0n) is 18.9. The Morgan fingerprint density at radius 3 is 2.61 bits per heavy atom. The van der Waals surface area contributed by atoms with Crippen LogP contribution in [0.2, 0.25) is 0 Å². The maximum atomic E-state index is 12.4. The molecule has 6 heteroatoms. The Hall–Kier alpha value is -3.93. The number of imidazole rings is 1. The number of hydrogen-bond acceptors (Lipinski definition) is 3. The van der Waals surface area contributed by atoms with Crippen molar-refractivity contribution in [1.82, 2.24) is 14.9 Å². The molecule has 4 aromatic rings. The lowest BCUT2D eigenvalue weighted by Gasteiger charge is -2.12. The number of nitrogens with zero attached hydrogens (tertiary/aromatic N) is 2. The lowest BCUT2D eigenvalue weighted by molar-refractivity contribution is -0.116. The van der Waals surface area contributed by atoms with Gasteiger partial charge in [0.1, 0.15) is 5.82 Å². The summed E-state index contributed by atoms with van der Waals surface area (Å²) in [7, 11) is 0. The van der Waals surface area contributed by atoms with Crippen LogP contribution in [0, 0.1) is 0 Å². The second-order valence-electron chi connectivity index (χ2n) is 8.38. The number of aromatic nitrogens is 2. The molecular weight excluding hydrogens is 412 g/mol. The topological polar surface area (TPSA) is 76.0 Å². The molecule has 0 fully saturated rings. The first-order chi connectivity index (χ1) is 16.0. The predicted octanol–water partition coefficient (Wildman–Crippen LogP) is 4.97. The summed E-state index contributed by atoms with van der Waals surface area (Å²) in [5, 5.41) is 7.85. The van der Waals surface area contributed by atoms with Gasteiger partial charge in [-0.3, -0.25) is 9.59 Å². The average Bonchev–Trinajstić information content (AvgIpc) is 3.27. The van der Waals surface area contributed by atoms with Crippen LogP contribution >= 0.6 is 0 Å². The molecule has 2 amide bonds. The van der Waals surface area contributed by atoms with Gasteiger partial charge < -0.3 is 15.2 Å². The molecule has 4 rings (SSSR count). The predicted molar refractivity (Wildman–Crippen MR) is 131 cm³/mol. The van der Waals surface area contributed by atoms with E-state index in [2.05, 4.69) is 34.0 Å². The quantitative estimate of drug-likeness (QED) is 0.406. The van der Waals surface area contributed by atoms with E-state index in [1.54, 1.807) is 6.07 Å². The summed E-state index contributed by atoms with van der Waals surface area (Å²) in [6, 6.07) is 21.3. The smallest absolute Gasteiger partial charge is 0.251 e. The molecule has 0 aliphatic rings. The fourth-order valence-corrected chi connectivity index (χ4v) is 3.84. The van der Waals surface area contributed by atoms with Crippen LogP contribution in [0.25, 0.3) is 10.8 Å². The molecule has 3 aromatic carbocycles. The van der Waals surface area contributed by atoms with Crippen LogP contribution < -0.4 is 10.6 Å². The van der Waals surface area contributed by atoms with E-state index in [0.29, 0.717) is 18.0 Å². The lowest BCUT2D eigenvalue weighted by Crippen LogP contribution is -2.27. The van der Waals surface area contributed by atoms with Gasteiger partial charge in [0, 0.05) is 49.1 Å². The van der Waals surface area contributed by atoms with Gasteiger partial charge in [-0.2, -0.15) is 0 Å². The highest BCUT2D eigenvalue weighted by atomic mass is 16.2. The zero-order chi connectivity index (χ0) is 23.2. The van der Waals surface area contributed by atoms with Crippen LogP contribution in [0.5, 0.6) is 0 Å². The van der Waals surface area contributed by atoms with Gasteiger partial charge in [-0.1, -0.05) is 56.3 Å². The molecule has 33 heavy (non-hydrogen) atoms. The van der Waals surface area contributed by atoms with Crippen molar-refractivity contribution in [3.05, 3.63) is 96.1 Å². The molecule has 0 saturated carbocycles. The second kappa shape index (κ2) is 10.1. The summed E-state index contributed by atoms with van der Waals surface area (Å²) >= 11 is 0. The van der Waals surface area contributed by atoms with Gasteiger partial charge in [0.25, 0.3) is 5.91 Å². The zero-order valence-corrected chi connectivity index (χ0v) is 18.9. The normalized spacial score (nSPS) is 11.0. The first-order valence-corrected chi connectivity index (χ1v) is 11.2. The Morgan fingerprint density at radius 1 is 0.970 bits per heavy atom. The highest BCUT2D eigenvalue weighted by Gasteiger charge is 2.10. The van der Waals surface area contributed by atoms with Crippen molar-refractivity contribution >= 4 is 28.3 Å². The molecule has 0 spiro atoms. The van der Waals surface area contributed by atoms with Crippen molar-refractivity contribution in [2.75, 3.05) is 11.9 Å². The number of carbonyl (C=O) groups is 2. The Bertz CT molecular complexity index is 1280. The number of fused-ring (bicyclic) bond motifs is 1. The molecule has 6 nitrogen and oxygen atoms in total. The van der Waals surface area contributed by atoms with Gasteiger partial charge in [-0.15, -0.1) is 0 Å². The van der Waals surface area contributed by atoms with Crippen LogP contribution in [-0.2, 0) is 11.3 Å². The third-order valence-corrected chi connectivity index (χ3v) is 5.48. The van der Waals surface area contributed by atoms with Crippen LogP contribution in [0.1, 0.15) is 47.9 Å². The molecule has 0 aliphatic heterocycles. The molecule has 0 atom stereocenters. The number of benzene rings is 3. The SMILES string of the molecule is CC(C)c1nccn1Cc1cccc(NC(=O)CCNC(=O)c2ccc3ccccc3c2)c1. The van der Waals surface area contributed by atoms with Crippen LogP contribution in [0.15, 0.2) is 79.1 Å². The summed E-state index contributed by atoms with van der Waals surface area (Å²) < 4.78 is 2.12. The molecule has 0 unspecified atom stereocenters. The summed E-state index contributed by atoms with van der Waals surface area (Å²) in [6.45, 7) is 5.20. The molecule has 0 saturated heterocycles. The monoisotopic (exact) mass is 440 g/mol. The number of anilines is 1. The minimum Gasteiger partial charge on any atom is -0.352 e. The van der Waals surface area contributed by atoms with Crippen molar-refractivity contribution in [2.45, 2.75) is 32.7 Å². The summed E-state index contributed by atoms with van der Waals surface area (Å²) in [5.74, 6) is 1.05. The van der Waals surface area contributed by atoms with Gasteiger partial charge in [0.2, 0.25) is 5.91 Å². The number of amides is 2. The Morgan fingerprint density at radius 2 is 1.79 bits per heavy atom. The minimum atomic E-state index is -0.183. The van der Waals surface area contributed by atoms with Crippen molar-refractivity contribution in [2.24, 2.45) is 0 Å². The molecule has 168 valence electrons. The maximum absolute atomic E-state index is 12.4. The Kier molecular flexibility index (Phi) is 6.83. The number of hydrogen-bond donors (Lipinski definition) is 2. The molecule has 2 N–H and O–H groups in total. The lowest BCUT2D eigenvalue weighted by atomic mass is 10.1. The molecule has 0 radical (unpaired) electrons. The first kappa shape index (κ1) is 22.3. The number of carbonyl (C=O) groups excluding carboxylic acids is 2. The minimum absolute atomic E-state index is 0.142. The standard InChI is InChI=1S/C27H28N4O2/c1-19(2)26-28-14-15-31(26)18-20-6-5-9-24(16-20)30-25(32)12-13-29-27(33)23-11-10-21-7-3-4-8-22(21)17-23/h3-11,14-17,19H,12-13,18H2,1-2H3,(H,29,33)(H,30,32). The van der Waals surface area contributed by atoms with Crippen molar-refractivity contribution in [1.29, 1.82) is 0 Å². The summed E-state index contributed by atoms with van der Waals surface area (Å²) in [4.78, 5) is 29.3. The van der Waals surface area contributed by atoms with Crippen LogP contribution in [0.3, 0.4) is 0 Å². The summed E-state index contributed by atoms with van der Waals surface area (Å²) in [5.41, 5.74) is 2.41. The third kappa shape index (κ3) is 5.66. The second-order valence-corrected chi connectivity index (χ2v) is 8.38. The van der Waals surface area contributed by atoms with Crippen molar-refractivity contribution < 1.29 is 9.59 Å². The molecule has 0 bridgehead atoms. The number of nitrogens with one attached hydrogen (secondary N) is 2. The van der Waals surface area contributed by atoms with Crippen molar-refractivity contribution in [3.8, 4) is 0 Å². The van der Waals surface area contributed by atoms with E-state index in [0.717, 1.165) is 27.8 Å². The van der Waals surface area contributed by atoms with Gasteiger partial charge in [-0.05, 0) is 40.6 Å². The molecule has 0 aliphatic carbocycles. The fraction of sp³-hybridized carbons (Fsp3) is 0.222. The van der Waals surface area contributed by atoms with E-state index in [1.807, 2.05) is 73.1 Å². The highest BCUT2D eigenvalue weighted by Crippen LogP contribution is 2.17. The van der Waals surface area contributed by atoms with E-state index in [1.165, 1.54) is 0 Å². The maximum Gasteiger partial charge on any atom is 0.251 e. The van der Waals surface area contributed by atoms with Gasteiger partial charge in [-0.25, -0.2) is 4.98 Å². The average molecular weight is 441 g/mol. The third-order valence-electron chi connectivity index (χ3n) is 5.48. The van der Waals surface area contributed by atoms with Gasteiger partial charge >= 0.3 is 0 Å². The van der Waals surface area contributed by atoms with E-state index in [4.69, 9.17) is 0 Å². The summed E-state index contributed by atoms with van der Waals surface area (Å²) in [6.07, 6.45) is 3.98.